The molecule has 2 aliphatic carbocycles. The Morgan fingerprint density at radius 1 is 1.18 bits per heavy atom. The van der Waals surface area contributed by atoms with Crippen LogP contribution >= 0.6 is 0 Å². The second-order valence-electron chi connectivity index (χ2n) is 9.79. The van der Waals surface area contributed by atoms with E-state index in [0.29, 0.717) is 5.92 Å². The second-order valence-corrected chi connectivity index (χ2v) is 9.79. The molecule has 0 saturated heterocycles. The van der Waals surface area contributed by atoms with Crippen molar-refractivity contribution in [2.24, 2.45) is 22.7 Å². The summed E-state index contributed by atoms with van der Waals surface area (Å²) in [5.41, 5.74) is 1.82. The first-order valence-electron chi connectivity index (χ1n) is 11.8. The van der Waals surface area contributed by atoms with Crippen LogP contribution in [0.15, 0.2) is 34.7 Å². The maximum atomic E-state index is 12.2. The van der Waals surface area contributed by atoms with Gasteiger partial charge < -0.3 is 18.6 Å². The molecule has 7 nitrogen and oxygen atoms in total. The normalized spacial score (nSPS) is 28.9. The molecule has 0 aromatic carbocycles. The SMILES string of the molecule is COC(=O)CC(=O)OCC1=CCCC2C1(COC(C)=O)CCC(C)C2(C)CCc1ccoc1. The fraction of sp³-hybridized carbons (Fsp3) is 0.654. The van der Waals surface area contributed by atoms with Crippen molar-refractivity contribution in [2.45, 2.75) is 65.7 Å². The van der Waals surface area contributed by atoms with E-state index in [1.54, 1.807) is 12.5 Å². The van der Waals surface area contributed by atoms with Gasteiger partial charge in [-0.3, -0.25) is 14.4 Å². The van der Waals surface area contributed by atoms with Gasteiger partial charge in [-0.25, -0.2) is 0 Å². The molecule has 0 amide bonds. The molecule has 1 aromatic heterocycles. The van der Waals surface area contributed by atoms with Crippen molar-refractivity contribution in [2.75, 3.05) is 20.3 Å². The average Bonchev–Trinajstić information content (AvgIpc) is 3.31. The number of hydrogen-bond donors (Lipinski definition) is 0. The Bertz CT molecular complexity index is 871. The number of aryl methyl sites for hydroxylation is 1. The van der Waals surface area contributed by atoms with E-state index in [9.17, 15) is 14.4 Å². The Kier molecular flexibility index (Phi) is 8.03. The first kappa shape index (κ1) is 25.1. The molecule has 1 aromatic rings. The molecule has 0 N–H and O–H groups in total. The zero-order chi connectivity index (χ0) is 24.1. The molecule has 1 fully saturated rings. The molecule has 4 atom stereocenters. The highest BCUT2D eigenvalue weighted by molar-refractivity contribution is 5.91. The topological polar surface area (TPSA) is 92.0 Å². The van der Waals surface area contributed by atoms with Crippen LogP contribution in [0.1, 0.15) is 64.9 Å². The zero-order valence-corrected chi connectivity index (χ0v) is 20.2. The lowest BCUT2D eigenvalue weighted by atomic mass is 9.46. The number of furan rings is 1. The summed E-state index contributed by atoms with van der Waals surface area (Å²) in [6.07, 6.45) is 10.9. The fourth-order valence-electron chi connectivity index (χ4n) is 5.94. The van der Waals surface area contributed by atoms with Crippen LogP contribution in [-0.2, 0) is 35.0 Å². The van der Waals surface area contributed by atoms with E-state index in [1.807, 2.05) is 6.07 Å². The molecule has 0 bridgehead atoms. The van der Waals surface area contributed by atoms with Gasteiger partial charge in [0.1, 0.15) is 19.6 Å². The number of allylic oxidation sites excluding steroid dienone is 1. The lowest BCUT2D eigenvalue weighted by Gasteiger charge is -2.59. The number of esters is 3. The molecule has 1 saturated carbocycles. The molecule has 4 unspecified atom stereocenters. The summed E-state index contributed by atoms with van der Waals surface area (Å²) in [6, 6.07) is 2.01. The van der Waals surface area contributed by atoms with Gasteiger partial charge in [-0.05, 0) is 73.0 Å². The minimum atomic E-state index is -0.622. The van der Waals surface area contributed by atoms with E-state index >= 15 is 0 Å². The third kappa shape index (κ3) is 5.50. The Labute approximate surface area is 195 Å². The van der Waals surface area contributed by atoms with E-state index in [4.69, 9.17) is 13.9 Å². The molecule has 7 heteroatoms. The Morgan fingerprint density at radius 3 is 2.64 bits per heavy atom. The second kappa shape index (κ2) is 10.6. The lowest BCUT2D eigenvalue weighted by Crippen LogP contribution is -2.54. The van der Waals surface area contributed by atoms with Crippen molar-refractivity contribution in [1.82, 2.24) is 0 Å². The molecular formula is C26H36O7. The molecule has 3 rings (SSSR count). The molecule has 2 aliphatic rings. The minimum Gasteiger partial charge on any atom is -0.472 e. The van der Waals surface area contributed by atoms with Crippen molar-refractivity contribution < 1.29 is 33.0 Å². The van der Waals surface area contributed by atoms with Gasteiger partial charge in [0.15, 0.2) is 0 Å². The predicted octanol–water partition coefficient (Wildman–Crippen LogP) is 4.64. The van der Waals surface area contributed by atoms with Gasteiger partial charge >= 0.3 is 17.9 Å². The van der Waals surface area contributed by atoms with Gasteiger partial charge in [-0.2, -0.15) is 0 Å². The van der Waals surface area contributed by atoms with Crippen LogP contribution in [0.4, 0.5) is 0 Å². The summed E-state index contributed by atoms with van der Waals surface area (Å²) >= 11 is 0. The summed E-state index contributed by atoms with van der Waals surface area (Å²) in [5.74, 6) is -0.766. The highest BCUT2D eigenvalue weighted by Gasteiger charge is 2.56. The van der Waals surface area contributed by atoms with Gasteiger partial charge in [-0.15, -0.1) is 0 Å². The number of ether oxygens (including phenoxy) is 3. The monoisotopic (exact) mass is 460 g/mol. The molecule has 182 valence electrons. The number of methoxy groups -OCH3 is 1. The molecule has 0 spiro atoms. The van der Waals surface area contributed by atoms with E-state index < -0.39 is 18.4 Å². The van der Waals surface area contributed by atoms with Crippen molar-refractivity contribution in [3.8, 4) is 0 Å². The summed E-state index contributed by atoms with van der Waals surface area (Å²) in [6.45, 7) is 6.48. The Balaban J connectivity index is 1.85. The van der Waals surface area contributed by atoms with Crippen LogP contribution in [0, 0.1) is 22.7 Å². The molecule has 0 radical (unpaired) electrons. The van der Waals surface area contributed by atoms with Gasteiger partial charge in [0.25, 0.3) is 0 Å². The summed E-state index contributed by atoms with van der Waals surface area (Å²) in [7, 11) is 1.24. The van der Waals surface area contributed by atoms with Crippen LogP contribution < -0.4 is 0 Å². The predicted molar refractivity (Wildman–Crippen MR) is 121 cm³/mol. The van der Waals surface area contributed by atoms with E-state index in [0.717, 1.165) is 44.1 Å². The number of hydrogen-bond acceptors (Lipinski definition) is 7. The number of carbonyl (C=O) groups is 3. The fourth-order valence-corrected chi connectivity index (χ4v) is 5.94. The van der Waals surface area contributed by atoms with E-state index in [-0.39, 0.29) is 35.9 Å². The van der Waals surface area contributed by atoms with Crippen molar-refractivity contribution >= 4 is 17.9 Å². The first-order valence-corrected chi connectivity index (χ1v) is 11.8. The van der Waals surface area contributed by atoms with Gasteiger partial charge in [0.05, 0.1) is 19.6 Å². The maximum absolute atomic E-state index is 12.2. The third-order valence-electron chi connectivity index (χ3n) is 8.07. The van der Waals surface area contributed by atoms with Gasteiger partial charge in [-0.1, -0.05) is 19.9 Å². The summed E-state index contributed by atoms with van der Waals surface area (Å²) in [5, 5.41) is 0. The highest BCUT2D eigenvalue weighted by atomic mass is 16.5. The quantitative estimate of drug-likeness (QED) is 0.229. The largest absolute Gasteiger partial charge is 0.472 e. The van der Waals surface area contributed by atoms with Crippen molar-refractivity contribution in [1.29, 1.82) is 0 Å². The van der Waals surface area contributed by atoms with Crippen LogP contribution in [0.5, 0.6) is 0 Å². The van der Waals surface area contributed by atoms with Crippen LogP contribution in [-0.4, -0.2) is 38.2 Å². The van der Waals surface area contributed by atoms with Crippen LogP contribution in [0.25, 0.3) is 0 Å². The number of rotatable bonds is 9. The lowest BCUT2D eigenvalue weighted by molar-refractivity contribution is -0.157. The van der Waals surface area contributed by atoms with Crippen LogP contribution in [0.2, 0.25) is 0 Å². The van der Waals surface area contributed by atoms with Crippen molar-refractivity contribution in [3.63, 3.8) is 0 Å². The average molecular weight is 461 g/mol. The standard InChI is InChI=1S/C26H36O7/c1-18-8-12-26(17-33-19(2)27)21(16-32-24(29)14-23(28)30-4)6-5-7-22(26)25(18,3)11-9-20-10-13-31-15-20/h6,10,13,15,18,22H,5,7-9,11-12,14,16-17H2,1-4H3. The van der Waals surface area contributed by atoms with E-state index in [1.165, 1.54) is 19.6 Å². The number of fused-ring (bicyclic) bond motifs is 1. The summed E-state index contributed by atoms with van der Waals surface area (Å²) in [4.78, 5) is 35.4. The minimum absolute atomic E-state index is 0.0191. The van der Waals surface area contributed by atoms with Gasteiger partial charge in [0, 0.05) is 12.3 Å². The molecule has 1 heterocycles. The first-order chi connectivity index (χ1) is 15.7. The van der Waals surface area contributed by atoms with Crippen molar-refractivity contribution in [3.05, 3.63) is 35.8 Å². The van der Waals surface area contributed by atoms with E-state index in [2.05, 4.69) is 24.7 Å². The van der Waals surface area contributed by atoms with Gasteiger partial charge in [0.2, 0.25) is 0 Å². The Hall–Kier alpha value is -2.57. The zero-order valence-electron chi connectivity index (χ0n) is 20.2. The Morgan fingerprint density at radius 2 is 1.97 bits per heavy atom. The highest BCUT2D eigenvalue weighted by Crippen LogP contribution is 2.62. The van der Waals surface area contributed by atoms with Crippen LogP contribution in [0.3, 0.4) is 0 Å². The maximum Gasteiger partial charge on any atom is 0.317 e. The number of carbonyl (C=O) groups excluding carboxylic acids is 3. The molecular weight excluding hydrogens is 424 g/mol. The smallest absolute Gasteiger partial charge is 0.317 e. The third-order valence-corrected chi connectivity index (χ3v) is 8.07. The molecule has 0 aliphatic heterocycles. The molecule has 33 heavy (non-hydrogen) atoms. The summed E-state index contributed by atoms with van der Waals surface area (Å²) < 4.78 is 20.9.